The van der Waals surface area contributed by atoms with Crippen molar-refractivity contribution in [3.8, 4) is 0 Å². The average molecular weight is 288 g/mol. The lowest BCUT2D eigenvalue weighted by molar-refractivity contribution is 0.262. The Kier molecular flexibility index (Phi) is 3.07. The number of nitrogens with one attached hydrogen (secondary N) is 1. The molecule has 2 fully saturated rings. The summed E-state index contributed by atoms with van der Waals surface area (Å²) in [6.07, 6.45) is 1.55. The highest BCUT2D eigenvalue weighted by atomic mass is 32.2. The Labute approximate surface area is 110 Å². The lowest BCUT2D eigenvalue weighted by atomic mass is 10.2. The maximum Gasteiger partial charge on any atom is 0.246 e. The van der Waals surface area contributed by atoms with Gasteiger partial charge in [0.15, 0.2) is 0 Å². The quantitative estimate of drug-likeness (QED) is 0.886. The minimum atomic E-state index is -3.89. The number of sulfonamides is 1. The predicted octanol–water partition coefficient (Wildman–Crippen LogP) is 1.09. The van der Waals surface area contributed by atoms with Crippen LogP contribution in [0.15, 0.2) is 23.1 Å². The van der Waals surface area contributed by atoms with Gasteiger partial charge in [0.05, 0.1) is 0 Å². The van der Waals surface area contributed by atoms with E-state index in [1.54, 1.807) is 0 Å². The van der Waals surface area contributed by atoms with Gasteiger partial charge in [-0.3, -0.25) is 0 Å². The van der Waals surface area contributed by atoms with Gasteiger partial charge < -0.3 is 5.32 Å². The van der Waals surface area contributed by atoms with Gasteiger partial charge in [-0.05, 0) is 25.0 Å². The van der Waals surface area contributed by atoms with Crippen LogP contribution in [0, 0.1) is 11.6 Å². The zero-order valence-corrected chi connectivity index (χ0v) is 11.0. The van der Waals surface area contributed by atoms with Gasteiger partial charge in [-0.1, -0.05) is 0 Å². The Hall–Kier alpha value is -1.05. The summed E-state index contributed by atoms with van der Waals surface area (Å²) in [5.41, 5.74) is 0. The van der Waals surface area contributed by atoms with Crippen molar-refractivity contribution in [3.63, 3.8) is 0 Å². The molecule has 19 heavy (non-hydrogen) atoms. The van der Waals surface area contributed by atoms with E-state index in [2.05, 4.69) is 5.32 Å². The summed E-state index contributed by atoms with van der Waals surface area (Å²) in [5.74, 6) is -1.81. The summed E-state index contributed by atoms with van der Waals surface area (Å²) in [6.45, 7) is 1.16. The zero-order chi connectivity index (χ0) is 13.6. The molecule has 2 unspecified atom stereocenters. The monoisotopic (exact) mass is 288 g/mol. The van der Waals surface area contributed by atoms with Crippen molar-refractivity contribution in [1.82, 2.24) is 9.62 Å². The molecule has 2 saturated heterocycles. The van der Waals surface area contributed by atoms with Crippen molar-refractivity contribution in [2.24, 2.45) is 0 Å². The second-order valence-electron chi connectivity index (χ2n) is 4.95. The first-order chi connectivity index (χ1) is 9.00. The molecule has 2 bridgehead atoms. The van der Waals surface area contributed by atoms with Gasteiger partial charge in [0, 0.05) is 31.2 Å². The smallest absolute Gasteiger partial charge is 0.246 e. The summed E-state index contributed by atoms with van der Waals surface area (Å²) in [5, 5.41) is 3.16. The van der Waals surface area contributed by atoms with Crippen LogP contribution in [0.2, 0.25) is 0 Å². The minimum absolute atomic E-state index is 0.131. The largest absolute Gasteiger partial charge is 0.314 e. The van der Waals surface area contributed by atoms with Gasteiger partial charge >= 0.3 is 0 Å². The second-order valence-corrected chi connectivity index (χ2v) is 6.76. The average Bonchev–Trinajstić information content (AvgIpc) is 2.61. The van der Waals surface area contributed by atoms with Crippen LogP contribution in [0.5, 0.6) is 0 Å². The molecule has 0 aromatic heterocycles. The van der Waals surface area contributed by atoms with E-state index in [0.717, 1.165) is 25.0 Å². The zero-order valence-electron chi connectivity index (χ0n) is 10.1. The van der Waals surface area contributed by atoms with Crippen LogP contribution in [0.4, 0.5) is 8.78 Å². The number of benzene rings is 1. The molecule has 0 saturated carbocycles. The number of halogens is 2. The van der Waals surface area contributed by atoms with E-state index in [4.69, 9.17) is 0 Å². The molecular formula is C12H14F2N2O2S. The molecule has 3 rings (SSSR count). The van der Waals surface area contributed by atoms with Crippen LogP contribution in [0.3, 0.4) is 0 Å². The van der Waals surface area contributed by atoms with Crippen LogP contribution >= 0.6 is 0 Å². The van der Waals surface area contributed by atoms with Gasteiger partial charge in [0.1, 0.15) is 16.5 Å². The summed E-state index contributed by atoms with van der Waals surface area (Å²) in [7, 11) is -3.89. The minimum Gasteiger partial charge on any atom is -0.314 e. The Bertz CT molecular complexity index is 590. The van der Waals surface area contributed by atoms with Gasteiger partial charge in [0.2, 0.25) is 10.0 Å². The first-order valence-electron chi connectivity index (χ1n) is 6.19. The topological polar surface area (TPSA) is 49.4 Å². The van der Waals surface area contributed by atoms with Crippen LogP contribution < -0.4 is 5.32 Å². The van der Waals surface area contributed by atoms with Crippen LogP contribution in [-0.2, 0) is 10.0 Å². The van der Waals surface area contributed by atoms with Crippen LogP contribution in [0.1, 0.15) is 12.8 Å². The van der Waals surface area contributed by atoms with Gasteiger partial charge in [-0.15, -0.1) is 0 Å². The molecule has 2 aliphatic heterocycles. The lowest BCUT2D eigenvalue weighted by Crippen LogP contribution is -2.54. The van der Waals surface area contributed by atoms with Crippen LogP contribution in [0.25, 0.3) is 0 Å². The maximum absolute atomic E-state index is 13.7. The fourth-order valence-electron chi connectivity index (χ4n) is 2.93. The summed E-state index contributed by atoms with van der Waals surface area (Å²) >= 11 is 0. The second kappa shape index (κ2) is 4.50. The fourth-order valence-corrected chi connectivity index (χ4v) is 4.85. The summed E-state index contributed by atoms with van der Waals surface area (Å²) in [6, 6.07) is 2.32. The molecule has 0 radical (unpaired) electrons. The first-order valence-corrected chi connectivity index (χ1v) is 7.63. The molecule has 1 N–H and O–H groups in total. The molecule has 2 heterocycles. The van der Waals surface area contributed by atoms with Gasteiger partial charge in [-0.25, -0.2) is 17.2 Å². The van der Waals surface area contributed by atoms with Crippen molar-refractivity contribution in [1.29, 1.82) is 0 Å². The molecule has 1 aromatic rings. The van der Waals surface area contributed by atoms with Crippen molar-refractivity contribution >= 4 is 10.0 Å². The van der Waals surface area contributed by atoms with Gasteiger partial charge in [0.25, 0.3) is 0 Å². The molecule has 4 nitrogen and oxygen atoms in total. The number of piperazine rings is 1. The maximum atomic E-state index is 13.7. The SMILES string of the molecule is O=S(=O)(c1ccc(F)cc1F)N1C2CCC1CNC2. The highest BCUT2D eigenvalue weighted by Crippen LogP contribution is 2.33. The molecule has 0 aliphatic carbocycles. The Morgan fingerprint density at radius 1 is 1.16 bits per heavy atom. The van der Waals surface area contributed by atoms with Crippen molar-refractivity contribution in [3.05, 3.63) is 29.8 Å². The Morgan fingerprint density at radius 3 is 2.37 bits per heavy atom. The highest BCUT2D eigenvalue weighted by Gasteiger charge is 2.45. The van der Waals surface area contributed by atoms with Crippen molar-refractivity contribution in [2.75, 3.05) is 13.1 Å². The normalized spacial score (nSPS) is 27.7. The van der Waals surface area contributed by atoms with E-state index in [-0.39, 0.29) is 12.1 Å². The summed E-state index contributed by atoms with van der Waals surface area (Å²) < 4.78 is 53.0. The highest BCUT2D eigenvalue weighted by molar-refractivity contribution is 7.89. The molecule has 2 atom stereocenters. The molecule has 1 aromatic carbocycles. The molecular weight excluding hydrogens is 274 g/mol. The third-order valence-corrected chi connectivity index (χ3v) is 5.80. The van der Waals surface area contributed by atoms with E-state index < -0.39 is 26.6 Å². The van der Waals surface area contributed by atoms with E-state index in [1.165, 1.54) is 4.31 Å². The number of nitrogens with zero attached hydrogens (tertiary/aromatic N) is 1. The number of hydrogen-bond donors (Lipinski definition) is 1. The van der Waals surface area contributed by atoms with Crippen molar-refractivity contribution in [2.45, 2.75) is 29.8 Å². The third kappa shape index (κ3) is 2.05. The Balaban J connectivity index is 2.03. The predicted molar refractivity (Wildman–Crippen MR) is 65.1 cm³/mol. The number of fused-ring (bicyclic) bond motifs is 2. The van der Waals surface area contributed by atoms with Gasteiger partial charge in [-0.2, -0.15) is 4.31 Å². The summed E-state index contributed by atoms with van der Waals surface area (Å²) in [4.78, 5) is -0.437. The van der Waals surface area contributed by atoms with Crippen molar-refractivity contribution < 1.29 is 17.2 Å². The molecule has 2 aliphatic rings. The number of rotatable bonds is 2. The van der Waals surface area contributed by atoms with E-state index >= 15 is 0 Å². The van der Waals surface area contributed by atoms with Crippen LogP contribution in [-0.4, -0.2) is 37.9 Å². The van der Waals surface area contributed by atoms with E-state index in [9.17, 15) is 17.2 Å². The molecule has 0 amide bonds. The third-order valence-electron chi connectivity index (χ3n) is 3.76. The number of hydrogen-bond acceptors (Lipinski definition) is 3. The Morgan fingerprint density at radius 2 is 1.79 bits per heavy atom. The molecule has 0 spiro atoms. The first kappa shape index (κ1) is 13.0. The van der Waals surface area contributed by atoms with E-state index in [0.29, 0.717) is 19.2 Å². The standard InChI is InChI=1S/C12H14F2N2O2S/c13-8-1-4-12(11(14)5-8)19(17,18)16-9-2-3-10(16)7-15-6-9/h1,4-5,9-10,15H,2-3,6-7H2. The fraction of sp³-hybridized carbons (Fsp3) is 0.500. The lowest BCUT2D eigenvalue weighted by Gasteiger charge is -2.34. The molecule has 104 valence electrons. The van der Waals surface area contributed by atoms with E-state index in [1.807, 2.05) is 0 Å². The molecule has 7 heteroatoms.